The molecule has 0 fully saturated rings. The molecule has 3 aromatic rings. The van der Waals surface area contributed by atoms with Crippen molar-refractivity contribution in [1.29, 1.82) is 0 Å². The Kier molecular flexibility index (Phi) is 6.07. The molecule has 1 heterocycles. The molecule has 3 rings (SSSR count). The molecule has 28 heavy (non-hydrogen) atoms. The number of pyridine rings is 1. The van der Waals surface area contributed by atoms with Crippen LogP contribution in [0, 0.1) is 0 Å². The number of carboxylic acids is 1. The molecule has 0 amide bonds. The van der Waals surface area contributed by atoms with Crippen molar-refractivity contribution in [2.45, 2.75) is 13.5 Å². The SMILES string of the molecule is CCOc1ccc(/C=C/c2ccn(Cc3ccc(C(=O)O)cc3)c(=O)c2)cc1. The molecule has 0 radical (unpaired) electrons. The number of aromatic nitrogens is 1. The third kappa shape index (κ3) is 4.98. The van der Waals surface area contributed by atoms with Crippen LogP contribution >= 0.6 is 0 Å². The summed E-state index contributed by atoms with van der Waals surface area (Å²) < 4.78 is 7.01. The molecule has 0 unspecified atom stereocenters. The van der Waals surface area contributed by atoms with E-state index in [0.29, 0.717) is 13.2 Å². The fourth-order valence-corrected chi connectivity index (χ4v) is 2.74. The molecule has 0 spiro atoms. The van der Waals surface area contributed by atoms with E-state index in [1.54, 1.807) is 29.0 Å². The Labute approximate surface area is 163 Å². The average molecular weight is 375 g/mol. The van der Waals surface area contributed by atoms with Crippen molar-refractivity contribution in [3.8, 4) is 5.75 Å². The summed E-state index contributed by atoms with van der Waals surface area (Å²) in [5, 5.41) is 8.94. The molecular formula is C23H21NO4. The number of carboxylic acid groups (broad SMARTS) is 1. The lowest BCUT2D eigenvalue weighted by Crippen LogP contribution is -2.19. The van der Waals surface area contributed by atoms with Crippen molar-refractivity contribution >= 4 is 18.1 Å². The minimum atomic E-state index is -0.965. The van der Waals surface area contributed by atoms with Crippen molar-refractivity contribution in [2.24, 2.45) is 0 Å². The number of benzene rings is 2. The maximum absolute atomic E-state index is 12.4. The van der Waals surface area contributed by atoms with E-state index >= 15 is 0 Å². The zero-order chi connectivity index (χ0) is 19.9. The molecule has 1 aromatic heterocycles. The van der Waals surface area contributed by atoms with E-state index in [9.17, 15) is 9.59 Å². The van der Waals surface area contributed by atoms with Gasteiger partial charge in [0.2, 0.25) is 0 Å². The van der Waals surface area contributed by atoms with E-state index in [1.165, 1.54) is 12.1 Å². The predicted molar refractivity (Wildman–Crippen MR) is 110 cm³/mol. The minimum Gasteiger partial charge on any atom is -0.494 e. The third-order valence-electron chi connectivity index (χ3n) is 4.23. The molecular weight excluding hydrogens is 354 g/mol. The number of hydrogen-bond donors (Lipinski definition) is 1. The molecule has 1 N–H and O–H groups in total. The number of nitrogens with zero attached hydrogens (tertiary/aromatic N) is 1. The van der Waals surface area contributed by atoms with Crippen LogP contribution in [0.5, 0.6) is 5.75 Å². The molecule has 0 bridgehead atoms. The second-order valence-electron chi connectivity index (χ2n) is 6.26. The van der Waals surface area contributed by atoms with Crippen molar-refractivity contribution in [3.05, 3.63) is 99.5 Å². The van der Waals surface area contributed by atoms with Gasteiger partial charge in [-0.3, -0.25) is 4.79 Å². The van der Waals surface area contributed by atoms with Gasteiger partial charge in [-0.25, -0.2) is 4.79 Å². The first kappa shape index (κ1) is 19.2. The van der Waals surface area contributed by atoms with Gasteiger partial charge < -0.3 is 14.4 Å². The molecule has 5 heteroatoms. The zero-order valence-electron chi connectivity index (χ0n) is 15.5. The fourth-order valence-electron chi connectivity index (χ4n) is 2.74. The van der Waals surface area contributed by atoms with Gasteiger partial charge in [0, 0.05) is 12.3 Å². The molecule has 0 atom stereocenters. The topological polar surface area (TPSA) is 68.5 Å². The van der Waals surface area contributed by atoms with Crippen LogP contribution in [0.15, 0.2) is 71.7 Å². The Hall–Kier alpha value is -3.60. The summed E-state index contributed by atoms with van der Waals surface area (Å²) in [5.74, 6) is -0.133. The van der Waals surface area contributed by atoms with Crippen LogP contribution in [0.3, 0.4) is 0 Å². The van der Waals surface area contributed by atoms with Gasteiger partial charge in [-0.15, -0.1) is 0 Å². The maximum Gasteiger partial charge on any atom is 0.335 e. The van der Waals surface area contributed by atoms with Gasteiger partial charge in [-0.05, 0) is 53.9 Å². The van der Waals surface area contributed by atoms with Gasteiger partial charge in [0.1, 0.15) is 5.75 Å². The van der Waals surface area contributed by atoms with Crippen LogP contribution in [0.1, 0.15) is 34.0 Å². The predicted octanol–water partition coefficient (Wildman–Crippen LogP) is 4.16. The summed E-state index contributed by atoms with van der Waals surface area (Å²) in [5.41, 5.74) is 2.81. The first-order valence-corrected chi connectivity index (χ1v) is 8.99. The molecule has 5 nitrogen and oxygen atoms in total. The highest BCUT2D eigenvalue weighted by molar-refractivity contribution is 5.87. The Morgan fingerprint density at radius 1 is 1.00 bits per heavy atom. The van der Waals surface area contributed by atoms with Crippen molar-refractivity contribution < 1.29 is 14.6 Å². The van der Waals surface area contributed by atoms with Gasteiger partial charge in [-0.2, -0.15) is 0 Å². The number of hydrogen-bond acceptors (Lipinski definition) is 3. The van der Waals surface area contributed by atoms with Gasteiger partial charge in [0.05, 0.1) is 18.7 Å². The van der Waals surface area contributed by atoms with Gasteiger partial charge in [-0.1, -0.05) is 36.4 Å². The highest BCUT2D eigenvalue weighted by Crippen LogP contribution is 2.14. The van der Waals surface area contributed by atoms with E-state index < -0.39 is 5.97 Å². The van der Waals surface area contributed by atoms with Crippen LogP contribution in [-0.4, -0.2) is 22.2 Å². The lowest BCUT2D eigenvalue weighted by molar-refractivity contribution is 0.0697. The van der Waals surface area contributed by atoms with Crippen LogP contribution < -0.4 is 10.3 Å². The monoisotopic (exact) mass is 375 g/mol. The average Bonchev–Trinajstić information content (AvgIpc) is 2.70. The number of ether oxygens (including phenoxy) is 1. The standard InChI is InChI=1S/C23H21NO4/c1-2-28-21-11-7-17(8-12-21)3-4-18-13-14-24(22(25)15-18)16-19-5-9-20(10-6-19)23(26)27/h3-15H,2,16H2,1H3,(H,26,27)/b4-3+. The smallest absolute Gasteiger partial charge is 0.335 e. The number of carbonyl (C=O) groups is 1. The second-order valence-corrected chi connectivity index (χ2v) is 6.26. The van der Waals surface area contributed by atoms with E-state index in [4.69, 9.17) is 9.84 Å². The van der Waals surface area contributed by atoms with Gasteiger partial charge in [0.25, 0.3) is 5.56 Å². The molecule has 0 aliphatic rings. The summed E-state index contributed by atoms with van der Waals surface area (Å²) in [7, 11) is 0. The third-order valence-corrected chi connectivity index (χ3v) is 4.23. The first-order chi connectivity index (χ1) is 13.5. The largest absolute Gasteiger partial charge is 0.494 e. The van der Waals surface area contributed by atoms with Crippen LogP contribution in [0.4, 0.5) is 0 Å². The summed E-state index contributed by atoms with van der Waals surface area (Å²) >= 11 is 0. The van der Waals surface area contributed by atoms with E-state index in [1.807, 2.05) is 49.4 Å². The molecule has 142 valence electrons. The van der Waals surface area contributed by atoms with Gasteiger partial charge in [0.15, 0.2) is 0 Å². The zero-order valence-corrected chi connectivity index (χ0v) is 15.5. The normalized spacial score (nSPS) is 10.9. The summed E-state index contributed by atoms with van der Waals surface area (Å²) in [4.78, 5) is 23.3. The van der Waals surface area contributed by atoms with Crippen molar-refractivity contribution in [2.75, 3.05) is 6.61 Å². The Bertz CT molecular complexity index is 1030. The summed E-state index contributed by atoms with van der Waals surface area (Å²) in [6, 6.07) is 17.7. The highest BCUT2D eigenvalue weighted by Gasteiger charge is 2.03. The van der Waals surface area contributed by atoms with Crippen molar-refractivity contribution in [3.63, 3.8) is 0 Å². The Balaban J connectivity index is 1.69. The minimum absolute atomic E-state index is 0.115. The van der Waals surface area contributed by atoms with Crippen molar-refractivity contribution in [1.82, 2.24) is 4.57 Å². The van der Waals surface area contributed by atoms with Crippen LogP contribution in [0.2, 0.25) is 0 Å². The fraction of sp³-hybridized carbons (Fsp3) is 0.130. The molecule has 0 aliphatic carbocycles. The second kappa shape index (κ2) is 8.86. The number of aromatic carboxylic acids is 1. The lowest BCUT2D eigenvalue weighted by atomic mass is 10.1. The maximum atomic E-state index is 12.4. The van der Waals surface area contributed by atoms with Crippen LogP contribution in [-0.2, 0) is 6.54 Å². The Morgan fingerprint density at radius 2 is 1.68 bits per heavy atom. The van der Waals surface area contributed by atoms with Gasteiger partial charge >= 0.3 is 5.97 Å². The summed E-state index contributed by atoms with van der Waals surface area (Å²) in [6.45, 7) is 2.97. The molecule has 0 saturated heterocycles. The Morgan fingerprint density at radius 3 is 2.29 bits per heavy atom. The lowest BCUT2D eigenvalue weighted by Gasteiger charge is -2.07. The highest BCUT2D eigenvalue weighted by atomic mass is 16.5. The number of rotatable bonds is 7. The van der Waals surface area contributed by atoms with Crippen LogP contribution in [0.25, 0.3) is 12.2 Å². The van der Waals surface area contributed by atoms with E-state index in [-0.39, 0.29) is 11.1 Å². The molecule has 2 aromatic carbocycles. The first-order valence-electron chi connectivity index (χ1n) is 8.99. The molecule has 0 aliphatic heterocycles. The molecule has 0 saturated carbocycles. The van der Waals surface area contributed by atoms with E-state index in [0.717, 1.165) is 22.4 Å². The summed E-state index contributed by atoms with van der Waals surface area (Å²) in [6.07, 6.45) is 5.58. The quantitative estimate of drug-likeness (QED) is 0.673. The van der Waals surface area contributed by atoms with E-state index in [2.05, 4.69) is 0 Å².